The van der Waals surface area contributed by atoms with E-state index >= 15 is 0 Å². The molecule has 3 aromatic rings. The van der Waals surface area contributed by atoms with Crippen LogP contribution >= 0.6 is 0 Å². The van der Waals surface area contributed by atoms with Gasteiger partial charge in [-0.05, 0) is 35.6 Å². The van der Waals surface area contributed by atoms with E-state index in [0.29, 0.717) is 0 Å². The number of aryl methyl sites for hydroxylation is 3. The predicted molar refractivity (Wildman–Crippen MR) is 78.0 cm³/mol. The number of fused-ring (bicyclic) bond motifs is 5. The number of pyridine rings is 1. The second-order valence-electron chi connectivity index (χ2n) is 5.31. The Labute approximate surface area is 113 Å². The van der Waals surface area contributed by atoms with Crippen molar-refractivity contribution in [3.05, 3.63) is 65.9 Å². The normalized spacial score (nSPS) is 13.1. The number of para-hydroxylation sites is 1. The van der Waals surface area contributed by atoms with Crippen LogP contribution in [0.3, 0.4) is 0 Å². The van der Waals surface area contributed by atoms with Gasteiger partial charge in [0.1, 0.15) is 7.05 Å². The fraction of sp³-hybridized carbons (Fsp3) is 0.167. The zero-order valence-corrected chi connectivity index (χ0v) is 11.1. The van der Waals surface area contributed by atoms with Gasteiger partial charge in [0, 0.05) is 11.6 Å². The molecule has 0 atom stereocenters. The minimum absolute atomic E-state index is 1.15. The molecular weight excluding hydrogens is 230 g/mol. The van der Waals surface area contributed by atoms with Gasteiger partial charge >= 0.3 is 0 Å². The van der Waals surface area contributed by atoms with Gasteiger partial charge in [0.25, 0.3) is 0 Å². The van der Waals surface area contributed by atoms with Gasteiger partial charge in [-0.3, -0.25) is 0 Å². The first-order valence-electron chi connectivity index (χ1n) is 6.83. The van der Waals surface area contributed by atoms with E-state index < -0.39 is 0 Å². The Morgan fingerprint density at radius 1 is 0.842 bits per heavy atom. The van der Waals surface area contributed by atoms with Crippen LogP contribution in [0.5, 0.6) is 0 Å². The van der Waals surface area contributed by atoms with Crippen LogP contribution in [0.1, 0.15) is 11.1 Å². The summed E-state index contributed by atoms with van der Waals surface area (Å²) < 4.78 is 2.25. The maximum Gasteiger partial charge on any atom is 0.212 e. The molecule has 1 heterocycles. The lowest BCUT2D eigenvalue weighted by atomic mass is 9.85. The molecule has 0 N–H and O–H groups in total. The van der Waals surface area contributed by atoms with Crippen LogP contribution in [0.25, 0.3) is 22.0 Å². The number of benzene rings is 2. The topological polar surface area (TPSA) is 3.88 Å². The lowest BCUT2D eigenvalue weighted by molar-refractivity contribution is -0.644. The highest BCUT2D eigenvalue weighted by atomic mass is 14.9. The number of hydrogen-bond donors (Lipinski definition) is 0. The van der Waals surface area contributed by atoms with E-state index in [1.54, 1.807) is 0 Å². The third-order valence-corrected chi connectivity index (χ3v) is 4.21. The molecule has 0 amide bonds. The van der Waals surface area contributed by atoms with Crippen LogP contribution in [0.4, 0.5) is 0 Å². The SMILES string of the molecule is C[n+]1cc2c(c3ccccc31)CCc1ccccc1-2. The summed E-state index contributed by atoms with van der Waals surface area (Å²) in [5, 5.41) is 1.40. The van der Waals surface area contributed by atoms with Crippen LogP contribution in [0.2, 0.25) is 0 Å². The first-order chi connectivity index (χ1) is 9.34. The summed E-state index contributed by atoms with van der Waals surface area (Å²) in [4.78, 5) is 0. The van der Waals surface area contributed by atoms with E-state index in [2.05, 4.69) is 66.3 Å². The maximum atomic E-state index is 2.29. The van der Waals surface area contributed by atoms with Gasteiger partial charge in [0.15, 0.2) is 6.20 Å². The van der Waals surface area contributed by atoms with Gasteiger partial charge < -0.3 is 0 Å². The molecule has 1 aliphatic rings. The van der Waals surface area contributed by atoms with Crippen LogP contribution in [-0.2, 0) is 19.9 Å². The Kier molecular flexibility index (Phi) is 2.22. The van der Waals surface area contributed by atoms with E-state index in [0.717, 1.165) is 12.8 Å². The average molecular weight is 246 g/mol. The molecule has 1 aliphatic carbocycles. The summed E-state index contributed by atoms with van der Waals surface area (Å²) in [5.41, 5.74) is 7.12. The van der Waals surface area contributed by atoms with E-state index in [-0.39, 0.29) is 0 Å². The van der Waals surface area contributed by atoms with Gasteiger partial charge in [0.2, 0.25) is 5.52 Å². The Bertz CT molecular complexity index is 787. The molecule has 0 unspecified atom stereocenters. The zero-order chi connectivity index (χ0) is 12.8. The first-order valence-corrected chi connectivity index (χ1v) is 6.83. The lowest BCUT2D eigenvalue weighted by Crippen LogP contribution is -2.30. The van der Waals surface area contributed by atoms with Crippen molar-refractivity contribution >= 4 is 10.9 Å². The maximum absolute atomic E-state index is 2.29. The third kappa shape index (κ3) is 1.51. The molecule has 2 aromatic carbocycles. The number of rotatable bonds is 0. The van der Waals surface area contributed by atoms with E-state index in [9.17, 15) is 0 Å². The summed E-state index contributed by atoms with van der Waals surface area (Å²) >= 11 is 0. The fourth-order valence-electron chi connectivity index (χ4n) is 3.28. The van der Waals surface area contributed by atoms with E-state index in [1.807, 2.05) is 0 Å². The highest BCUT2D eigenvalue weighted by Gasteiger charge is 2.22. The molecule has 0 saturated heterocycles. The highest BCUT2D eigenvalue weighted by Crippen LogP contribution is 2.35. The average Bonchev–Trinajstić information content (AvgIpc) is 2.47. The molecule has 1 heteroatoms. The minimum Gasteiger partial charge on any atom is -0.200 e. The molecular formula is C18H16N+. The lowest BCUT2D eigenvalue weighted by Gasteiger charge is -2.19. The van der Waals surface area contributed by atoms with Crippen LogP contribution in [0.15, 0.2) is 54.7 Å². The molecule has 0 fully saturated rings. The van der Waals surface area contributed by atoms with Crippen LogP contribution < -0.4 is 4.57 Å². The molecule has 0 radical (unpaired) electrons. The second kappa shape index (κ2) is 3.92. The monoisotopic (exact) mass is 246 g/mol. The molecule has 19 heavy (non-hydrogen) atoms. The Hall–Kier alpha value is -2.15. The van der Waals surface area contributed by atoms with Gasteiger partial charge in [0.05, 0.1) is 5.39 Å². The minimum atomic E-state index is 1.15. The number of nitrogens with zero attached hydrogens (tertiary/aromatic N) is 1. The summed E-state index contributed by atoms with van der Waals surface area (Å²) in [7, 11) is 2.14. The Balaban J connectivity index is 2.13. The van der Waals surface area contributed by atoms with Gasteiger partial charge in [-0.1, -0.05) is 36.4 Å². The molecule has 0 spiro atoms. The molecule has 0 saturated carbocycles. The zero-order valence-electron chi connectivity index (χ0n) is 11.1. The Morgan fingerprint density at radius 3 is 2.58 bits per heavy atom. The van der Waals surface area contributed by atoms with Crippen molar-refractivity contribution in [2.45, 2.75) is 12.8 Å². The summed E-state index contributed by atoms with van der Waals surface area (Å²) in [6.07, 6.45) is 4.59. The fourth-order valence-corrected chi connectivity index (χ4v) is 3.28. The molecule has 0 aliphatic heterocycles. The van der Waals surface area contributed by atoms with Crippen molar-refractivity contribution in [1.82, 2.24) is 0 Å². The van der Waals surface area contributed by atoms with Crippen LogP contribution in [-0.4, -0.2) is 0 Å². The number of aromatic nitrogens is 1. The van der Waals surface area contributed by atoms with Crippen molar-refractivity contribution in [2.75, 3.05) is 0 Å². The molecule has 1 aromatic heterocycles. The van der Waals surface area contributed by atoms with Crippen molar-refractivity contribution < 1.29 is 4.57 Å². The van der Waals surface area contributed by atoms with E-state index in [1.165, 1.54) is 33.2 Å². The van der Waals surface area contributed by atoms with Gasteiger partial charge in [-0.15, -0.1) is 0 Å². The third-order valence-electron chi connectivity index (χ3n) is 4.21. The summed E-state index contributed by atoms with van der Waals surface area (Å²) in [5.74, 6) is 0. The van der Waals surface area contributed by atoms with E-state index in [4.69, 9.17) is 0 Å². The predicted octanol–water partition coefficient (Wildman–Crippen LogP) is 3.43. The van der Waals surface area contributed by atoms with Crippen molar-refractivity contribution in [1.29, 1.82) is 0 Å². The molecule has 1 nitrogen and oxygen atoms in total. The molecule has 0 bridgehead atoms. The smallest absolute Gasteiger partial charge is 0.200 e. The molecule has 4 rings (SSSR count). The highest BCUT2D eigenvalue weighted by molar-refractivity contribution is 5.88. The van der Waals surface area contributed by atoms with Gasteiger partial charge in [-0.25, -0.2) is 4.57 Å². The van der Waals surface area contributed by atoms with Crippen LogP contribution in [0, 0.1) is 0 Å². The number of hydrogen-bond acceptors (Lipinski definition) is 0. The standard InChI is InChI=1S/C18H16N/c1-19-12-17-14-7-3-2-6-13(14)10-11-15(17)16-8-4-5-9-18(16)19/h2-9,12H,10-11H2,1H3/q+1. The van der Waals surface area contributed by atoms with Gasteiger partial charge in [-0.2, -0.15) is 0 Å². The Morgan fingerprint density at radius 2 is 1.63 bits per heavy atom. The summed E-state index contributed by atoms with van der Waals surface area (Å²) in [6.45, 7) is 0. The quantitative estimate of drug-likeness (QED) is 0.535. The van der Waals surface area contributed by atoms with Crippen molar-refractivity contribution in [2.24, 2.45) is 7.05 Å². The van der Waals surface area contributed by atoms with Crippen molar-refractivity contribution in [3.8, 4) is 11.1 Å². The van der Waals surface area contributed by atoms with Crippen molar-refractivity contribution in [3.63, 3.8) is 0 Å². The first kappa shape index (κ1) is 10.7. The largest absolute Gasteiger partial charge is 0.212 e. The summed E-state index contributed by atoms with van der Waals surface area (Å²) in [6, 6.07) is 17.5. The molecule has 92 valence electrons. The second-order valence-corrected chi connectivity index (χ2v) is 5.31.